The van der Waals surface area contributed by atoms with Crippen molar-refractivity contribution in [2.75, 3.05) is 39.6 Å². The molecule has 0 amide bonds. The molecule has 0 aliphatic heterocycles. The number of aliphatic hydroxyl groups is 1. The fourth-order valence-electron chi connectivity index (χ4n) is 11.4. The third kappa shape index (κ3) is 71.7. The molecule has 0 radical (unpaired) electrons. The maximum absolute atomic E-state index is 13.1. The molecule has 98 heavy (non-hydrogen) atoms. The van der Waals surface area contributed by atoms with E-state index in [4.69, 9.17) is 37.0 Å². The second kappa shape index (κ2) is 72.6. The van der Waals surface area contributed by atoms with Crippen LogP contribution in [0.3, 0.4) is 0 Å². The largest absolute Gasteiger partial charge is 0.472 e. The Morgan fingerprint density at radius 3 is 0.714 bits per heavy atom. The van der Waals surface area contributed by atoms with E-state index in [1.54, 1.807) is 0 Å². The van der Waals surface area contributed by atoms with Crippen molar-refractivity contribution in [1.29, 1.82) is 0 Å². The summed E-state index contributed by atoms with van der Waals surface area (Å²) in [6.07, 6.45) is 68.3. The summed E-state index contributed by atoms with van der Waals surface area (Å²) in [5, 5.41) is 10.6. The van der Waals surface area contributed by atoms with E-state index >= 15 is 0 Å². The Morgan fingerprint density at radius 2 is 0.469 bits per heavy atom. The Balaban J connectivity index is 5.31. The first-order valence-electron chi connectivity index (χ1n) is 40.2. The minimum Gasteiger partial charge on any atom is -0.462 e. The molecule has 0 saturated carbocycles. The number of hydrogen-bond donors (Lipinski definition) is 3. The molecule has 0 aromatic carbocycles. The quantitative estimate of drug-likeness (QED) is 0.0169. The highest BCUT2D eigenvalue weighted by molar-refractivity contribution is 7.47. The van der Waals surface area contributed by atoms with Gasteiger partial charge in [0.2, 0.25) is 0 Å². The van der Waals surface area contributed by atoms with Crippen LogP contribution in [0.4, 0.5) is 0 Å². The van der Waals surface area contributed by atoms with Crippen molar-refractivity contribution in [3.8, 4) is 0 Å². The van der Waals surface area contributed by atoms with E-state index in [2.05, 4.69) is 64.2 Å². The zero-order valence-corrected chi connectivity index (χ0v) is 64.8. The molecule has 2 unspecified atom stereocenters. The number of hydrogen-bond acceptors (Lipinski definition) is 15. The molecule has 0 heterocycles. The smallest absolute Gasteiger partial charge is 0.462 e. The second-order valence-corrected chi connectivity index (χ2v) is 30.3. The molecule has 0 spiro atoms. The summed E-state index contributed by atoms with van der Waals surface area (Å²) in [4.78, 5) is 72.9. The van der Waals surface area contributed by atoms with Gasteiger partial charge in [-0.05, 0) is 103 Å². The van der Waals surface area contributed by atoms with Crippen molar-refractivity contribution in [1.82, 2.24) is 0 Å². The number of phosphoric acid groups is 2. The van der Waals surface area contributed by atoms with Gasteiger partial charge in [-0.25, -0.2) is 9.13 Å². The molecule has 3 N–H and O–H groups in total. The molecule has 5 atom stereocenters. The summed E-state index contributed by atoms with van der Waals surface area (Å²) in [5.74, 6) is -2.15. The highest BCUT2D eigenvalue weighted by atomic mass is 31.2. The highest BCUT2D eigenvalue weighted by Crippen LogP contribution is 2.45. The zero-order valence-electron chi connectivity index (χ0n) is 63.0. The summed E-state index contributed by atoms with van der Waals surface area (Å²) < 4.78 is 68.6. The van der Waals surface area contributed by atoms with Gasteiger partial charge in [0.15, 0.2) is 12.2 Å². The number of ether oxygens (including phenoxy) is 4. The monoisotopic (exact) mass is 1430 g/mol. The summed E-state index contributed by atoms with van der Waals surface area (Å²) in [7, 11) is -9.93. The Labute approximate surface area is 598 Å². The maximum Gasteiger partial charge on any atom is 0.472 e. The van der Waals surface area contributed by atoms with Crippen LogP contribution in [0, 0.1) is 0 Å². The van der Waals surface area contributed by atoms with Gasteiger partial charge in [0.1, 0.15) is 19.3 Å². The normalized spacial score (nSPS) is 14.1. The summed E-state index contributed by atoms with van der Waals surface area (Å²) in [5.41, 5.74) is 0. The zero-order chi connectivity index (χ0) is 71.8. The third-order valence-electron chi connectivity index (χ3n) is 17.6. The molecule has 0 aliphatic rings. The van der Waals surface area contributed by atoms with E-state index in [1.807, 2.05) is 0 Å². The fraction of sp³-hybridized carbons (Fsp3) is 0.873. The van der Waals surface area contributed by atoms with E-state index in [-0.39, 0.29) is 25.7 Å². The van der Waals surface area contributed by atoms with Crippen molar-refractivity contribution in [2.45, 2.75) is 406 Å². The molecular formula is C79H148O17P2. The van der Waals surface area contributed by atoms with Crippen LogP contribution >= 0.6 is 15.6 Å². The standard InChI is InChI=1S/C79H148O17P2/c1-5-9-13-17-21-25-29-33-36-40-43-47-51-55-59-63-76(81)89-69-74(95-78(83)65-61-57-53-49-45-39-32-28-24-20-16-12-8-4)71-93-97(85,86)91-67-73(80)68-92-98(87,88)94-72-75(96-79(84)66-62-58-54-50-46-42-38-35-31-27-23-19-15-11-7-3)70-90-77(82)64-60-56-52-48-44-41-37-34-30-26-22-18-14-10-6-2/h26,28,30,32,35,38,73-75,80H,5-25,27,29,31,33-34,36-37,39-72H2,1-4H3,(H,85,86)(H,87,88)/b30-26-,32-28-,38-35-/t73-,74+,75+/m0/s1. The molecule has 0 rings (SSSR count). The second-order valence-electron chi connectivity index (χ2n) is 27.4. The van der Waals surface area contributed by atoms with Crippen LogP contribution in [0.25, 0.3) is 0 Å². The number of unbranched alkanes of at least 4 members (excludes halogenated alkanes) is 45. The molecule has 0 fully saturated rings. The average Bonchev–Trinajstić information content (AvgIpc) is 1.04. The minimum atomic E-state index is -4.97. The maximum atomic E-state index is 13.1. The minimum absolute atomic E-state index is 0.0906. The van der Waals surface area contributed by atoms with E-state index in [0.717, 1.165) is 135 Å². The van der Waals surface area contributed by atoms with E-state index in [1.165, 1.54) is 173 Å². The van der Waals surface area contributed by atoms with E-state index < -0.39 is 97.5 Å². The Morgan fingerprint density at radius 1 is 0.276 bits per heavy atom. The van der Waals surface area contributed by atoms with E-state index in [9.17, 15) is 43.2 Å². The van der Waals surface area contributed by atoms with Crippen LogP contribution in [-0.2, 0) is 65.4 Å². The lowest BCUT2D eigenvalue weighted by atomic mass is 10.0. The van der Waals surface area contributed by atoms with Crippen LogP contribution in [0.15, 0.2) is 36.5 Å². The Bertz CT molecular complexity index is 2000. The fourth-order valence-corrected chi connectivity index (χ4v) is 13.0. The molecule has 0 aromatic heterocycles. The Kier molecular flexibility index (Phi) is 70.6. The molecule has 0 saturated heterocycles. The van der Waals surface area contributed by atoms with Crippen LogP contribution in [0.5, 0.6) is 0 Å². The lowest BCUT2D eigenvalue weighted by molar-refractivity contribution is -0.161. The van der Waals surface area contributed by atoms with Crippen molar-refractivity contribution >= 4 is 39.5 Å². The SMILES string of the molecule is CCCCCC/C=C\CCCCCCCCCC(=O)OC[C@H](COP(=O)(O)OC[C@@H](O)COP(=O)(O)OC[C@@H](COC(=O)CCCCCCCCCCCCCCCCC)OC(=O)CCCCCCC/C=C\CCCCCC)OC(=O)CCCCCCC/C=C\CCCCCCCC. The molecule has 17 nitrogen and oxygen atoms in total. The van der Waals surface area contributed by atoms with Gasteiger partial charge in [-0.2, -0.15) is 0 Å². The number of phosphoric ester groups is 2. The van der Waals surface area contributed by atoms with Gasteiger partial charge in [0, 0.05) is 25.7 Å². The topological polar surface area (TPSA) is 237 Å². The van der Waals surface area contributed by atoms with Crippen LogP contribution in [0.1, 0.15) is 387 Å². The number of carbonyl (C=O) groups excluding carboxylic acids is 4. The predicted molar refractivity (Wildman–Crippen MR) is 400 cm³/mol. The van der Waals surface area contributed by atoms with Gasteiger partial charge in [-0.3, -0.25) is 37.3 Å². The predicted octanol–water partition coefficient (Wildman–Crippen LogP) is 23.1. The lowest BCUT2D eigenvalue weighted by Crippen LogP contribution is -2.30. The van der Waals surface area contributed by atoms with Gasteiger partial charge in [-0.15, -0.1) is 0 Å². The van der Waals surface area contributed by atoms with Gasteiger partial charge in [0.05, 0.1) is 26.4 Å². The van der Waals surface area contributed by atoms with Crippen LogP contribution in [0.2, 0.25) is 0 Å². The first-order chi connectivity index (χ1) is 47.7. The summed E-state index contributed by atoms with van der Waals surface area (Å²) in [6, 6.07) is 0. The van der Waals surface area contributed by atoms with Gasteiger partial charge in [0.25, 0.3) is 0 Å². The number of esters is 4. The number of carbonyl (C=O) groups is 4. The summed E-state index contributed by atoms with van der Waals surface area (Å²) >= 11 is 0. The molecule has 0 bridgehead atoms. The molecule has 576 valence electrons. The number of aliphatic hydroxyl groups excluding tert-OH is 1. The van der Waals surface area contributed by atoms with Crippen molar-refractivity contribution < 1.29 is 80.2 Å². The van der Waals surface area contributed by atoms with E-state index in [0.29, 0.717) is 25.7 Å². The first kappa shape index (κ1) is 95.3. The first-order valence-corrected chi connectivity index (χ1v) is 43.2. The van der Waals surface area contributed by atoms with Crippen LogP contribution in [-0.4, -0.2) is 96.7 Å². The Hall–Kier alpha value is -2.72. The number of rotatable bonds is 77. The molecule has 0 aromatic rings. The van der Waals surface area contributed by atoms with Crippen LogP contribution < -0.4 is 0 Å². The highest BCUT2D eigenvalue weighted by Gasteiger charge is 2.30. The number of allylic oxidation sites excluding steroid dienone is 6. The molecule has 19 heteroatoms. The lowest BCUT2D eigenvalue weighted by Gasteiger charge is -2.21. The molecule has 0 aliphatic carbocycles. The van der Waals surface area contributed by atoms with Crippen molar-refractivity contribution in [3.05, 3.63) is 36.5 Å². The summed E-state index contributed by atoms with van der Waals surface area (Å²) in [6.45, 7) is 4.91. The van der Waals surface area contributed by atoms with Gasteiger partial charge < -0.3 is 33.8 Å². The van der Waals surface area contributed by atoms with Crippen molar-refractivity contribution in [2.24, 2.45) is 0 Å². The molecular weight excluding hydrogens is 1280 g/mol. The van der Waals surface area contributed by atoms with Gasteiger partial charge >= 0.3 is 39.5 Å². The average molecular weight is 1430 g/mol. The van der Waals surface area contributed by atoms with Crippen molar-refractivity contribution in [3.63, 3.8) is 0 Å². The third-order valence-corrected chi connectivity index (χ3v) is 19.5. The van der Waals surface area contributed by atoms with Gasteiger partial charge in [-0.1, -0.05) is 295 Å².